The van der Waals surface area contributed by atoms with Crippen molar-refractivity contribution in [3.8, 4) is 0 Å². The maximum atomic E-state index is 13.5. The molecular formula is C34H47N7O14. The Labute approximate surface area is 314 Å². The summed E-state index contributed by atoms with van der Waals surface area (Å²) in [5.41, 5.74) is 6.40. The van der Waals surface area contributed by atoms with Crippen LogP contribution in [0, 0.1) is 5.92 Å². The second-order valence-electron chi connectivity index (χ2n) is 13.1. The smallest absolute Gasteiger partial charge is 0.326 e. The quantitative estimate of drug-likeness (QED) is 0.0567. The molecule has 0 saturated carbocycles. The van der Waals surface area contributed by atoms with E-state index < -0.39 is 121 Å². The van der Waals surface area contributed by atoms with Crippen LogP contribution >= 0.6 is 0 Å². The minimum Gasteiger partial charge on any atom is -0.481 e. The van der Waals surface area contributed by atoms with Crippen LogP contribution in [0.2, 0.25) is 0 Å². The van der Waals surface area contributed by atoms with Crippen LogP contribution in [0.3, 0.4) is 0 Å². The Hall–Kier alpha value is -6.12. The number of likely N-dealkylation sites (tertiary alicyclic amines) is 1. The van der Waals surface area contributed by atoms with E-state index in [1.807, 2.05) is 5.32 Å². The highest BCUT2D eigenvalue weighted by molar-refractivity contribution is 5.98. The van der Waals surface area contributed by atoms with E-state index in [4.69, 9.17) is 10.8 Å². The topological polar surface area (TPSA) is 341 Å². The van der Waals surface area contributed by atoms with Crippen molar-refractivity contribution in [2.24, 2.45) is 11.7 Å². The van der Waals surface area contributed by atoms with Gasteiger partial charge in [-0.25, -0.2) is 4.79 Å². The molecule has 0 aromatic heterocycles. The molecule has 1 aliphatic heterocycles. The van der Waals surface area contributed by atoms with Gasteiger partial charge >= 0.3 is 23.9 Å². The minimum absolute atomic E-state index is 0.0597. The van der Waals surface area contributed by atoms with Crippen molar-refractivity contribution in [1.82, 2.24) is 31.5 Å². The number of carboxylic acids is 4. The molecule has 6 amide bonds. The monoisotopic (exact) mass is 777 g/mol. The van der Waals surface area contributed by atoms with Gasteiger partial charge in [0.05, 0.1) is 25.4 Å². The highest BCUT2D eigenvalue weighted by Crippen LogP contribution is 2.20. The van der Waals surface area contributed by atoms with E-state index in [0.29, 0.717) is 12.0 Å². The lowest BCUT2D eigenvalue weighted by Gasteiger charge is -2.29. The van der Waals surface area contributed by atoms with E-state index in [-0.39, 0.29) is 31.7 Å². The molecule has 0 radical (unpaired) electrons. The first-order chi connectivity index (χ1) is 25.8. The van der Waals surface area contributed by atoms with Gasteiger partial charge in [-0.05, 0) is 30.7 Å². The molecule has 0 spiro atoms. The van der Waals surface area contributed by atoms with Gasteiger partial charge in [0.25, 0.3) is 0 Å². The van der Waals surface area contributed by atoms with Gasteiger partial charge in [0.1, 0.15) is 30.2 Å². The number of hydrogen-bond acceptors (Lipinski definition) is 11. The molecule has 21 heteroatoms. The van der Waals surface area contributed by atoms with Gasteiger partial charge in [0, 0.05) is 19.4 Å². The zero-order valence-corrected chi connectivity index (χ0v) is 30.2. The number of carbonyl (C=O) groups is 10. The molecule has 0 aliphatic carbocycles. The second kappa shape index (κ2) is 21.5. The molecule has 1 saturated heterocycles. The Morgan fingerprint density at radius 2 is 1.29 bits per heavy atom. The Morgan fingerprint density at radius 1 is 0.745 bits per heavy atom. The van der Waals surface area contributed by atoms with Crippen molar-refractivity contribution < 1.29 is 68.4 Å². The van der Waals surface area contributed by atoms with E-state index in [0.717, 1.165) is 4.90 Å². The van der Waals surface area contributed by atoms with Crippen LogP contribution in [0.25, 0.3) is 0 Å². The van der Waals surface area contributed by atoms with Crippen LogP contribution in [-0.2, 0) is 54.4 Å². The Bertz CT molecular complexity index is 1600. The largest absolute Gasteiger partial charge is 0.481 e. The first kappa shape index (κ1) is 45.0. The molecule has 1 fully saturated rings. The summed E-state index contributed by atoms with van der Waals surface area (Å²) in [5.74, 6) is -12.0. The van der Waals surface area contributed by atoms with Gasteiger partial charge < -0.3 is 57.6 Å². The van der Waals surface area contributed by atoms with Gasteiger partial charge in [-0.1, -0.05) is 44.2 Å². The molecule has 21 nitrogen and oxygen atoms in total. The van der Waals surface area contributed by atoms with Crippen LogP contribution in [0.15, 0.2) is 30.3 Å². The van der Waals surface area contributed by atoms with Crippen LogP contribution in [0.5, 0.6) is 0 Å². The van der Waals surface area contributed by atoms with E-state index >= 15 is 0 Å². The van der Waals surface area contributed by atoms with E-state index in [9.17, 15) is 63.3 Å². The fourth-order valence-corrected chi connectivity index (χ4v) is 5.49. The van der Waals surface area contributed by atoms with E-state index in [2.05, 4.69) is 21.3 Å². The molecular weight excluding hydrogens is 730 g/mol. The van der Waals surface area contributed by atoms with Crippen LogP contribution in [0.4, 0.5) is 0 Å². The Kier molecular flexibility index (Phi) is 17.6. The maximum absolute atomic E-state index is 13.5. The number of nitrogens with one attached hydrogen (secondary N) is 5. The summed E-state index contributed by atoms with van der Waals surface area (Å²) in [6.07, 6.45) is -2.59. The van der Waals surface area contributed by atoms with Gasteiger partial charge in [0.2, 0.25) is 35.4 Å². The van der Waals surface area contributed by atoms with Gasteiger partial charge in [-0.2, -0.15) is 0 Å². The summed E-state index contributed by atoms with van der Waals surface area (Å²) in [4.78, 5) is 125. The summed E-state index contributed by atoms with van der Waals surface area (Å²) < 4.78 is 0. The Morgan fingerprint density at radius 3 is 1.82 bits per heavy atom. The molecule has 0 unspecified atom stereocenters. The van der Waals surface area contributed by atoms with Crippen molar-refractivity contribution in [3.63, 3.8) is 0 Å². The second-order valence-corrected chi connectivity index (χ2v) is 13.1. The molecule has 1 aromatic carbocycles. The lowest BCUT2D eigenvalue weighted by atomic mass is 10.0. The number of benzene rings is 1. The molecule has 302 valence electrons. The van der Waals surface area contributed by atoms with E-state index in [1.165, 1.54) is 0 Å². The van der Waals surface area contributed by atoms with Crippen molar-refractivity contribution in [2.75, 3.05) is 13.1 Å². The number of amides is 6. The van der Waals surface area contributed by atoms with Gasteiger partial charge in [-0.15, -0.1) is 0 Å². The third kappa shape index (κ3) is 15.0. The molecule has 2 rings (SSSR count). The zero-order valence-electron chi connectivity index (χ0n) is 30.2. The van der Waals surface area contributed by atoms with Crippen LogP contribution < -0.4 is 32.3 Å². The lowest BCUT2D eigenvalue weighted by Crippen LogP contribution is -2.58. The summed E-state index contributed by atoms with van der Waals surface area (Å²) in [7, 11) is 0. The highest BCUT2D eigenvalue weighted by atomic mass is 16.4. The number of carbonyl (C=O) groups excluding carboxylic acids is 6. The fraction of sp³-hybridized carbons (Fsp3) is 0.529. The normalized spacial score (nSPS) is 16.4. The predicted octanol–water partition coefficient (Wildman–Crippen LogP) is -2.84. The average molecular weight is 778 g/mol. The number of rotatable bonds is 22. The summed E-state index contributed by atoms with van der Waals surface area (Å²) in [5, 5.41) is 48.6. The van der Waals surface area contributed by atoms with Crippen LogP contribution in [-0.4, -0.2) is 134 Å². The van der Waals surface area contributed by atoms with Crippen LogP contribution in [0.1, 0.15) is 57.9 Å². The SMILES string of the molecule is CC(C)[C@H](N)C(=O)N[C@@H](CCC(=O)O)C(=O)N1CCC[C@H]1C(=O)NCC(=O)N[C@@H](CC(=O)O)C(=O)N[C@@H](CC(=O)O)C(=O)N[C@@H](Cc1ccccc1)C(=O)O. The fourth-order valence-electron chi connectivity index (χ4n) is 5.49. The number of carboxylic acid groups (broad SMARTS) is 4. The summed E-state index contributed by atoms with van der Waals surface area (Å²) >= 11 is 0. The molecule has 0 bridgehead atoms. The maximum Gasteiger partial charge on any atom is 0.326 e. The van der Waals surface area contributed by atoms with Gasteiger partial charge in [-0.3, -0.25) is 43.2 Å². The Balaban J connectivity index is 2.11. The third-order valence-corrected chi connectivity index (χ3v) is 8.48. The van der Waals surface area contributed by atoms with E-state index in [1.54, 1.807) is 44.2 Å². The number of aliphatic carboxylic acids is 4. The number of nitrogens with two attached hydrogens (primary N) is 1. The zero-order chi connectivity index (χ0) is 41.4. The summed E-state index contributed by atoms with van der Waals surface area (Å²) in [6.45, 7) is 2.58. The molecule has 1 aromatic rings. The van der Waals surface area contributed by atoms with Crippen molar-refractivity contribution in [3.05, 3.63) is 35.9 Å². The predicted molar refractivity (Wildman–Crippen MR) is 187 cm³/mol. The first-order valence-corrected chi connectivity index (χ1v) is 17.3. The number of hydrogen-bond donors (Lipinski definition) is 10. The molecule has 1 heterocycles. The van der Waals surface area contributed by atoms with Gasteiger partial charge in [0.15, 0.2) is 0 Å². The number of nitrogens with zero attached hydrogens (tertiary/aromatic N) is 1. The molecule has 11 N–H and O–H groups in total. The lowest BCUT2D eigenvalue weighted by molar-refractivity contribution is -0.145. The molecule has 55 heavy (non-hydrogen) atoms. The van der Waals surface area contributed by atoms with Crippen molar-refractivity contribution in [1.29, 1.82) is 0 Å². The summed E-state index contributed by atoms with van der Waals surface area (Å²) in [6, 6.07) is -0.671. The molecule has 1 aliphatic rings. The highest BCUT2D eigenvalue weighted by Gasteiger charge is 2.39. The first-order valence-electron chi connectivity index (χ1n) is 17.3. The standard InChI is InChI=1S/C34H47N7O14/c1-17(2)28(35)32(52)38-19(10-11-25(43)44)33(53)41-12-6-9-23(41)31(51)36-16-24(42)37-20(14-26(45)46)29(49)39-21(15-27(47)48)30(50)40-22(34(54)55)13-18-7-4-3-5-8-18/h3-5,7-8,17,19-23,28H,6,9-16,35H2,1-2H3,(H,36,51)(H,37,42)(H,38,52)(H,39,49)(H,40,50)(H,43,44)(H,45,46)(H,47,48)(H,54,55)/t19-,20-,21-,22-,23-,28-/m0/s1. The van der Waals surface area contributed by atoms with Crippen molar-refractivity contribution in [2.45, 2.75) is 95.0 Å². The minimum atomic E-state index is -1.90. The third-order valence-electron chi connectivity index (χ3n) is 8.48. The average Bonchev–Trinajstić information content (AvgIpc) is 3.61. The van der Waals surface area contributed by atoms with Crippen molar-refractivity contribution >= 4 is 59.3 Å². The molecule has 6 atom stereocenters.